The molecule has 0 saturated heterocycles. The summed E-state index contributed by atoms with van der Waals surface area (Å²) in [5.74, 6) is -0.452. The zero-order valence-electron chi connectivity index (χ0n) is 11.9. The lowest BCUT2D eigenvalue weighted by Crippen LogP contribution is -2.28. The van der Waals surface area contributed by atoms with Crippen LogP contribution in [0.5, 0.6) is 11.5 Å². The van der Waals surface area contributed by atoms with Gasteiger partial charge >= 0.3 is 0 Å². The molecule has 0 aromatic heterocycles. The maximum Gasteiger partial charge on any atom is 0.258 e. The monoisotopic (exact) mass is 323 g/mol. The van der Waals surface area contributed by atoms with E-state index in [4.69, 9.17) is 21.1 Å². The maximum atomic E-state index is 13.5. The highest BCUT2D eigenvalue weighted by Crippen LogP contribution is 2.22. The van der Waals surface area contributed by atoms with Gasteiger partial charge in [0.1, 0.15) is 5.75 Å². The first-order valence-corrected chi connectivity index (χ1v) is 6.94. The van der Waals surface area contributed by atoms with Crippen LogP contribution in [-0.4, -0.2) is 19.6 Å². The number of carbonyl (C=O) groups excluding carboxylic acids is 1. The highest BCUT2D eigenvalue weighted by atomic mass is 35.5. The van der Waals surface area contributed by atoms with E-state index in [0.29, 0.717) is 11.6 Å². The molecule has 0 spiro atoms. The van der Waals surface area contributed by atoms with E-state index >= 15 is 0 Å². The largest absolute Gasteiger partial charge is 0.494 e. The highest BCUT2D eigenvalue weighted by Gasteiger charge is 2.07. The van der Waals surface area contributed by atoms with Gasteiger partial charge in [-0.15, -0.1) is 0 Å². The van der Waals surface area contributed by atoms with Crippen molar-refractivity contribution < 1.29 is 18.7 Å². The summed E-state index contributed by atoms with van der Waals surface area (Å²) in [5.41, 5.74) is 0.924. The molecule has 0 bridgehead atoms. The number of ether oxygens (including phenoxy) is 2. The molecule has 4 nitrogen and oxygen atoms in total. The van der Waals surface area contributed by atoms with Crippen LogP contribution < -0.4 is 14.8 Å². The first kappa shape index (κ1) is 16.1. The van der Waals surface area contributed by atoms with Gasteiger partial charge in [-0.3, -0.25) is 4.79 Å². The summed E-state index contributed by atoms with van der Waals surface area (Å²) < 4.78 is 23.5. The number of halogens is 2. The SMILES string of the molecule is COc1ccc(OCC(=O)NCc2ccc(Cl)cc2)cc1F. The molecular formula is C16H15ClFNO3. The molecule has 0 unspecified atom stereocenters. The molecule has 0 saturated carbocycles. The van der Waals surface area contributed by atoms with Crippen LogP contribution >= 0.6 is 11.6 Å². The van der Waals surface area contributed by atoms with Gasteiger partial charge in [-0.05, 0) is 29.8 Å². The fraction of sp³-hybridized carbons (Fsp3) is 0.188. The number of hydrogen-bond donors (Lipinski definition) is 1. The Morgan fingerprint density at radius 1 is 1.23 bits per heavy atom. The van der Waals surface area contributed by atoms with Crippen molar-refractivity contribution in [1.29, 1.82) is 0 Å². The predicted octanol–water partition coefficient (Wildman–Crippen LogP) is 3.18. The number of benzene rings is 2. The van der Waals surface area contributed by atoms with Crippen molar-refractivity contribution in [2.24, 2.45) is 0 Å². The van der Waals surface area contributed by atoms with Crippen molar-refractivity contribution in [2.75, 3.05) is 13.7 Å². The standard InChI is InChI=1S/C16H15ClFNO3/c1-21-15-7-6-13(8-14(15)18)22-10-16(20)19-9-11-2-4-12(17)5-3-11/h2-8H,9-10H2,1H3,(H,19,20). The summed E-state index contributed by atoms with van der Waals surface area (Å²) in [6.45, 7) is 0.176. The predicted molar refractivity (Wildman–Crippen MR) is 81.7 cm³/mol. The number of rotatable bonds is 6. The molecule has 2 aromatic rings. The Labute approximate surface area is 132 Å². The van der Waals surface area contributed by atoms with Crippen LogP contribution in [0, 0.1) is 5.82 Å². The van der Waals surface area contributed by atoms with Gasteiger partial charge in [-0.1, -0.05) is 23.7 Å². The van der Waals surface area contributed by atoms with Crippen molar-refractivity contribution in [1.82, 2.24) is 5.32 Å². The lowest BCUT2D eigenvalue weighted by Gasteiger charge is -2.09. The second-order valence-corrected chi connectivity index (χ2v) is 4.92. The van der Waals surface area contributed by atoms with Gasteiger partial charge in [0.2, 0.25) is 0 Å². The number of nitrogens with one attached hydrogen (secondary N) is 1. The van der Waals surface area contributed by atoms with E-state index in [9.17, 15) is 9.18 Å². The molecule has 0 radical (unpaired) electrons. The van der Waals surface area contributed by atoms with Crippen LogP contribution in [0.1, 0.15) is 5.56 Å². The molecule has 116 valence electrons. The van der Waals surface area contributed by atoms with Crippen LogP contribution in [0.15, 0.2) is 42.5 Å². The van der Waals surface area contributed by atoms with Crippen molar-refractivity contribution in [3.8, 4) is 11.5 Å². The van der Waals surface area contributed by atoms with Gasteiger partial charge in [0, 0.05) is 17.6 Å². The van der Waals surface area contributed by atoms with Gasteiger partial charge in [0.15, 0.2) is 18.2 Å². The molecule has 2 rings (SSSR count). The molecule has 0 aliphatic carbocycles. The third kappa shape index (κ3) is 4.63. The summed E-state index contributed by atoms with van der Waals surface area (Å²) in [4.78, 5) is 11.7. The van der Waals surface area contributed by atoms with Crippen LogP contribution in [0.3, 0.4) is 0 Å². The van der Waals surface area contributed by atoms with Gasteiger partial charge in [0.05, 0.1) is 7.11 Å². The third-order valence-electron chi connectivity index (χ3n) is 2.90. The summed E-state index contributed by atoms with van der Waals surface area (Å²) in [6, 6.07) is 11.3. The number of methoxy groups -OCH3 is 1. The molecule has 0 aliphatic rings. The fourth-order valence-electron chi connectivity index (χ4n) is 1.74. The van der Waals surface area contributed by atoms with E-state index in [1.165, 1.54) is 25.3 Å². The van der Waals surface area contributed by atoms with Crippen LogP contribution in [0.25, 0.3) is 0 Å². The van der Waals surface area contributed by atoms with Gasteiger partial charge < -0.3 is 14.8 Å². The fourth-order valence-corrected chi connectivity index (χ4v) is 1.87. The van der Waals surface area contributed by atoms with E-state index < -0.39 is 5.82 Å². The Balaban J connectivity index is 1.80. The van der Waals surface area contributed by atoms with E-state index in [-0.39, 0.29) is 24.0 Å². The lowest BCUT2D eigenvalue weighted by atomic mass is 10.2. The highest BCUT2D eigenvalue weighted by molar-refractivity contribution is 6.30. The molecule has 1 N–H and O–H groups in total. The zero-order valence-corrected chi connectivity index (χ0v) is 12.7. The number of amides is 1. The average molecular weight is 324 g/mol. The minimum absolute atomic E-state index is 0.125. The van der Waals surface area contributed by atoms with Crippen molar-refractivity contribution in [3.63, 3.8) is 0 Å². The van der Waals surface area contributed by atoms with E-state index in [2.05, 4.69) is 5.32 Å². The number of hydrogen-bond acceptors (Lipinski definition) is 3. The molecule has 2 aromatic carbocycles. The van der Waals surface area contributed by atoms with Crippen LogP contribution in [0.2, 0.25) is 5.02 Å². The smallest absolute Gasteiger partial charge is 0.258 e. The van der Waals surface area contributed by atoms with Crippen molar-refractivity contribution in [2.45, 2.75) is 6.54 Å². The second-order valence-electron chi connectivity index (χ2n) is 4.49. The van der Waals surface area contributed by atoms with Crippen LogP contribution in [-0.2, 0) is 11.3 Å². The Kier molecular flexibility index (Phi) is 5.61. The third-order valence-corrected chi connectivity index (χ3v) is 3.15. The van der Waals surface area contributed by atoms with E-state index in [1.54, 1.807) is 12.1 Å². The minimum Gasteiger partial charge on any atom is -0.494 e. The summed E-state index contributed by atoms with van der Waals surface area (Å²) >= 11 is 5.78. The maximum absolute atomic E-state index is 13.5. The molecule has 0 aliphatic heterocycles. The van der Waals surface area contributed by atoms with E-state index in [1.807, 2.05) is 12.1 Å². The molecular weight excluding hydrogens is 309 g/mol. The quantitative estimate of drug-likeness (QED) is 0.888. The van der Waals surface area contributed by atoms with Crippen LogP contribution in [0.4, 0.5) is 4.39 Å². The Morgan fingerprint density at radius 2 is 1.95 bits per heavy atom. The van der Waals surface area contributed by atoms with Gasteiger partial charge in [-0.2, -0.15) is 0 Å². The Morgan fingerprint density at radius 3 is 2.59 bits per heavy atom. The normalized spacial score (nSPS) is 10.1. The lowest BCUT2D eigenvalue weighted by molar-refractivity contribution is -0.123. The first-order chi connectivity index (χ1) is 10.6. The molecule has 22 heavy (non-hydrogen) atoms. The molecule has 0 fully saturated rings. The summed E-state index contributed by atoms with van der Waals surface area (Å²) in [7, 11) is 1.38. The van der Waals surface area contributed by atoms with Gasteiger partial charge in [-0.25, -0.2) is 4.39 Å². The summed E-state index contributed by atoms with van der Waals surface area (Å²) in [6.07, 6.45) is 0. The topological polar surface area (TPSA) is 47.6 Å². The van der Waals surface area contributed by atoms with Gasteiger partial charge in [0.25, 0.3) is 5.91 Å². The Bertz CT molecular complexity index is 646. The minimum atomic E-state index is -0.540. The van der Waals surface area contributed by atoms with Crippen molar-refractivity contribution >= 4 is 17.5 Å². The number of carbonyl (C=O) groups is 1. The van der Waals surface area contributed by atoms with E-state index in [0.717, 1.165) is 5.56 Å². The second kappa shape index (κ2) is 7.66. The first-order valence-electron chi connectivity index (χ1n) is 6.56. The summed E-state index contributed by atoms with van der Waals surface area (Å²) in [5, 5.41) is 3.34. The molecule has 0 heterocycles. The zero-order chi connectivity index (χ0) is 15.9. The molecule has 0 atom stereocenters. The van der Waals surface area contributed by atoms with Crippen molar-refractivity contribution in [3.05, 3.63) is 58.9 Å². The molecule has 1 amide bonds. The average Bonchev–Trinajstić information content (AvgIpc) is 2.52. The molecule has 6 heteroatoms. The Hall–Kier alpha value is -2.27.